The molecule has 0 radical (unpaired) electrons. The van der Waals surface area contributed by atoms with Crippen LogP contribution in [0.5, 0.6) is 0 Å². The lowest BCUT2D eigenvalue weighted by Gasteiger charge is -2.37. The molecule has 0 aliphatic carbocycles. The molecule has 2 aliphatic heterocycles. The van der Waals surface area contributed by atoms with Gasteiger partial charge in [0.1, 0.15) is 5.76 Å². The van der Waals surface area contributed by atoms with E-state index in [4.69, 9.17) is 4.42 Å². The highest BCUT2D eigenvalue weighted by atomic mass is 16.4. The van der Waals surface area contributed by atoms with E-state index in [1.54, 1.807) is 0 Å². The number of nitrogens with zero attached hydrogens (tertiary/aromatic N) is 3. The molecule has 6 nitrogen and oxygen atoms in total. The standard InChI is InChI=1S/C17H28N4O2/c1-12-10-15(4-5-18-12)17(22)21-8-6-20(7-9-21)11-16-19-13(2)14(3)23-16/h12,15,18H,4-11H2,1-3H3/t12-,15-/m0/s1. The van der Waals surface area contributed by atoms with E-state index in [0.29, 0.717) is 11.9 Å². The molecule has 23 heavy (non-hydrogen) atoms. The first-order valence-corrected chi connectivity index (χ1v) is 8.70. The molecule has 6 heteroatoms. The molecule has 3 rings (SSSR count). The number of nitrogens with one attached hydrogen (secondary N) is 1. The number of piperazine rings is 1. The van der Waals surface area contributed by atoms with Gasteiger partial charge in [-0.15, -0.1) is 0 Å². The molecule has 1 N–H and O–H groups in total. The number of aromatic nitrogens is 1. The lowest BCUT2D eigenvalue weighted by molar-refractivity contribution is -0.138. The summed E-state index contributed by atoms with van der Waals surface area (Å²) in [5.74, 6) is 2.23. The predicted octanol–water partition coefficient (Wildman–Crippen LogP) is 1.32. The van der Waals surface area contributed by atoms with Gasteiger partial charge in [-0.3, -0.25) is 9.69 Å². The number of hydrogen-bond donors (Lipinski definition) is 1. The molecule has 3 heterocycles. The second kappa shape index (κ2) is 7.01. The van der Waals surface area contributed by atoms with Crippen LogP contribution in [0, 0.1) is 19.8 Å². The van der Waals surface area contributed by atoms with Crippen molar-refractivity contribution in [1.29, 1.82) is 0 Å². The molecule has 2 fully saturated rings. The average Bonchev–Trinajstić information content (AvgIpc) is 2.85. The summed E-state index contributed by atoms with van der Waals surface area (Å²) in [6.07, 6.45) is 1.94. The number of carbonyl (C=O) groups excluding carboxylic acids is 1. The largest absolute Gasteiger partial charge is 0.444 e. The molecular weight excluding hydrogens is 292 g/mol. The van der Waals surface area contributed by atoms with Crippen molar-refractivity contribution in [3.05, 3.63) is 17.3 Å². The van der Waals surface area contributed by atoms with E-state index in [1.165, 1.54) is 0 Å². The number of carbonyl (C=O) groups is 1. The molecule has 1 aromatic rings. The number of hydrogen-bond acceptors (Lipinski definition) is 5. The third-order valence-corrected chi connectivity index (χ3v) is 5.09. The molecule has 0 saturated carbocycles. The number of rotatable bonds is 3. The lowest BCUT2D eigenvalue weighted by Crippen LogP contribution is -2.51. The van der Waals surface area contributed by atoms with Crippen LogP contribution in [0.4, 0.5) is 0 Å². The van der Waals surface area contributed by atoms with E-state index in [0.717, 1.165) is 69.5 Å². The lowest BCUT2D eigenvalue weighted by atomic mass is 9.92. The molecule has 0 bridgehead atoms. The Hall–Kier alpha value is -1.40. The Kier molecular flexibility index (Phi) is 5.02. The molecular formula is C17H28N4O2. The summed E-state index contributed by atoms with van der Waals surface area (Å²) in [6, 6.07) is 0.454. The highest BCUT2D eigenvalue weighted by molar-refractivity contribution is 5.79. The first-order valence-electron chi connectivity index (χ1n) is 8.70. The van der Waals surface area contributed by atoms with Crippen molar-refractivity contribution in [2.75, 3.05) is 32.7 Å². The number of aryl methyl sites for hydroxylation is 2. The van der Waals surface area contributed by atoms with Gasteiger partial charge in [-0.1, -0.05) is 0 Å². The summed E-state index contributed by atoms with van der Waals surface area (Å²) in [6.45, 7) is 11.2. The summed E-state index contributed by atoms with van der Waals surface area (Å²) in [5.41, 5.74) is 0.967. The van der Waals surface area contributed by atoms with E-state index >= 15 is 0 Å². The highest BCUT2D eigenvalue weighted by Crippen LogP contribution is 2.20. The van der Waals surface area contributed by atoms with Crippen LogP contribution in [0.15, 0.2) is 4.42 Å². The van der Waals surface area contributed by atoms with Crippen molar-refractivity contribution >= 4 is 5.91 Å². The van der Waals surface area contributed by atoms with Crippen molar-refractivity contribution in [3.8, 4) is 0 Å². The summed E-state index contributed by atoms with van der Waals surface area (Å²) >= 11 is 0. The maximum absolute atomic E-state index is 12.7. The summed E-state index contributed by atoms with van der Waals surface area (Å²) < 4.78 is 5.66. The van der Waals surface area contributed by atoms with Crippen LogP contribution in [0.2, 0.25) is 0 Å². The van der Waals surface area contributed by atoms with Crippen molar-refractivity contribution in [1.82, 2.24) is 20.1 Å². The first-order chi connectivity index (χ1) is 11.0. The van der Waals surface area contributed by atoms with Crippen LogP contribution in [-0.4, -0.2) is 59.5 Å². The van der Waals surface area contributed by atoms with Gasteiger partial charge in [-0.2, -0.15) is 0 Å². The normalized spacial score (nSPS) is 26.5. The molecule has 2 saturated heterocycles. The zero-order chi connectivity index (χ0) is 16.4. The molecule has 1 aromatic heterocycles. The van der Waals surface area contributed by atoms with Crippen molar-refractivity contribution in [2.45, 2.75) is 46.2 Å². The van der Waals surface area contributed by atoms with Gasteiger partial charge >= 0.3 is 0 Å². The minimum Gasteiger partial charge on any atom is -0.444 e. The fraction of sp³-hybridized carbons (Fsp3) is 0.765. The van der Waals surface area contributed by atoms with Gasteiger partial charge in [0, 0.05) is 38.1 Å². The first kappa shape index (κ1) is 16.5. The monoisotopic (exact) mass is 320 g/mol. The van der Waals surface area contributed by atoms with Gasteiger partial charge in [0.2, 0.25) is 11.8 Å². The SMILES string of the molecule is Cc1nc(CN2CCN(C(=O)[C@H]3CCN[C@@H](C)C3)CC2)oc1C. The fourth-order valence-corrected chi connectivity index (χ4v) is 3.54. The summed E-state index contributed by atoms with van der Waals surface area (Å²) in [4.78, 5) is 21.5. The highest BCUT2D eigenvalue weighted by Gasteiger charge is 2.30. The third-order valence-electron chi connectivity index (χ3n) is 5.09. The number of amides is 1. The summed E-state index contributed by atoms with van der Waals surface area (Å²) in [7, 11) is 0. The Balaban J connectivity index is 1.49. The molecule has 0 aromatic carbocycles. The predicted molar refractivity (Wildman–Crippen MR) is 88.0 cm³/mol. The Morgan fingerprint density at radius 1 is 1.30 bits per heavy atom. The van der Waals surface area contributed by atoms with E-state index in [9.17, 15) is 4.79 Å². The maximum Gasteiger partial charge on any atom is 0.225 e. The Morgan fingerprint density at radius 3 is 2.65 bits per heavy atom. The van der Waals surface area contributed by atoms with Crippen LogP contribution in [0.1, 0.15) is 37.1 Å². The average molecular weight is 320 g/mol. The van der Waals surface area contributed by atoms with E-state index < -0.39 is 0 Å². The maximum atomic E-state index is 12.7. The van der Waals surface area contributed by atoms with Gasteiger partial charge in [0.05, 0.1) is 12.2 Å². The van der Waals surface area contributed by atoms with Gasteiger partial charge in [0.25, 0.3) is 0 Å². The molecule has 0 unspecified atom stereocenters. The van der Waals surface area contributed by atoms with Crippen LogP contribution in [0.25, 0.3) is 0 Å². The zero-order valence-electron chi connectivity index (χ0n) is 14.5. The van der Waals surface area contributed by atoms with Gasteiger partial charge in [-0.25, -0.2) is 4.98 Å². The second-order valence-electron chi connectivity index (χ2n) is 6.93. The molecule has 1 amide bonds. The Labute approximate surface area is 138 Å². The second-order valence-corrected chi connectivity index (χ2v) is 6.93. The van der Waals surface area contributed by atoms with Gasteiger partial charge in [-0.05, 0) is 40.2 Å². The van der Waals surface area contributed by atoms with Crippen molar-refractivity contribution in [3.63, 3.8) is 0 Å². The molecule has 2 atom stereocenters. The fourth-order valence-electron chi connectivity index (χ4n) is 3.54. The Bertz CT molecular complexity index is 529. The molecule has 128 valence electrons. The van der Waals surface area contributed by atoms with Gasteiger partial charge < -0.3 is 14.6 Å². The smallest absolute Gasteiger partial charge is 0.225 e. The van der Waals surface area contributed by atoms with Gasteiger partial charge in [0.15, 0.2) is 0 Å². The minimum atomic E-state index is 0.204. The topological polar surface area (TPSA) is 61.6 Å². The van der Waals surface area contributed by atoms with Crippen LogP contribution >= 0.6 is 0 Å². The van der Waals surface area contributed by atoms with E-state index in [1.807, 2.05) is 18.7 Å². The molecule has 2 aliphatic rings. The van der Waals surface area contributed by atoms with Crippen molar-refractivity contribution in [2.24, 2.45) is 5.92 Å². The van der Waals surface area contributed by atoms with E-state index in [2.05, 4.69) is 22.1 Å². The number of oxazole rings is 1. The summed E-state index contributed by atoms with van der Waals surface area (Å²) in [5, 5.41) is 3.41. The number of piperidine rings is 1. The third kappa shape index (κ3) is 3.93. The quantitative estimate of drug-likeness (QED) is 0.910. The zero-order valence-corrected chi connectivity index (χ0v) is 14.5. The van der Waals surface area contributed by atoms with Crippen LogP contribution in [0.3, 0.4) is 0 Å². The minimum absolute atomic E-state index is 0.204. The van der Waals surface area contributed by atoms with E-state index in [-0.39, 0.29) is 5.92 Å². The van der Waals surface area contributed by atoms with Crippen LogP contribution < -0.4 is 5.32 Å². The molecule has 0 spiro atoms. The van der Waals surface area contributed by atoms with Crippen molar-refractivity contribution < 1.29 is 9.21 Å². The Morgan fingerprint density at radius 2 is 2.04 bits per heavy atom. The van der Waals surface area contributed by atoms with Crippen LogP contribution in [-0.2, 0) is 11.3 Å².